The average molecular weight is 233 g/mol. The summed E-state index contributed by atoms with van der Waals surface area (Å²) < 4.78 is 4.63. The number of hydrogen-bond acceptors (Lipinski definition) is 4. The first-order chi connectivity index (χ1) is 7.72. The van der Waals surface area contributed by atoms with Crippen molar-refractivity contribution in [3.63, 3.8) is 0 Å². The number of methoxy groups -OCH3 is 1. The Labute approximate surface area is 97.5 Å². The maximum atomic E-state index is 11.3. The molecule has 0 aliphatic heterocycles. The molecule has 2 N–H and O–H groups in total. The van der Waals surface area contributed by atoms with E-state index in [9.17, 15) is 4.79 Å². The summed E-state index contributed by atoms with van der Waals surface area (Å²) in [6.07, 6.45) is 0. The van der Waals surface area contributed by atoms with Gasteiger partial charge < -0.3 is 10.5 Å². The van der Waals surface area contributed by atoms with E-state index in [1.807, 2.05) is 23.6 Å². The van der Waals surface area contributed by atoms with E-state index in [0.717, 1.165) is 10.4 Å². The summed E-state index contributed by atoms with van der Waals surface area (Å²) in [6, 6.07) is 9.16. The van der Waals surface area contributed by atoms with Gasteiger partial charge in [-0.1, -0.05) is 12.1 Å². The molecular formula is C12H11NO2S. The topological polar surface area (TPSA) is 52.3 Å². The molecule has 2 rings (SSSR count). The third-order valence-electron chi connectivity index (χ3n) is 2.26. The van der Waals surface area contributed by atoms with E-state index >= 15 is 0 Å². The fraction of sp³-hybridized carbons (Fsp3) is 0.0833. The molecule has 0 amide bonds. The Kier molecular flexibility index (Phi) is 2.92. The summed E-state index contributed by atoms with van der Waals surface area (Å²) in [7, 11) is 1.35. The number of rotatable bonds is 2. The molecule has 16 heavy (non-hydrogen) atoms. The largest absolute Gasteiger partial charge is 0.465 e. The summed E-state index contributed by atoms with van der Waals surface area (Å²) in [4.78, 5) is 12.4. The summed E-state index contributed by atoms with van der Waals surface area (Å²) in [5.74, 6) is -0.371. The van der Waals surface area contributed by atoms with Crippen LogP contribution in [0.2, 0.25) is 0 Å². The van der Waals surface area contributed by atoms with Gasteiger partial charge in [-0.25, -0.2) is 4.79 Å². The molecule has 4 heteroatoms. The lowest BCUT2D eigenvalue weighted by atomic mass is 10.1. The first-order valence-electron chi connectivity index (χ1n) is 4.74. The van der Waals surface area contributed by atoms with Crippen molar-refractivity contribution in [1.29, 1.82) is 0 Å². The van der Waals surface area contributed by atoms with Crippen LogP contribution >= 0.6 is 11.3 Å². The molecular weight excluding hydrogens is 222 g/mol. The highest BCUT2D eigenvalue weighted by Crippen LogP contribution is 2.30. The highest BCUT2D eigenvalue weighted by Gasteiger charge is 2.09. The molecule has 0 aliphatic carbocycles. The molecule has 2 aromatic rings. The molecule has 82 valence electrons. The third kappa shape index (κ3) is 1.92. The van der Waals surface area contributed by atoms with Crippen molar-refractivity contribution in [2.45, 2.75) is 0 Å². The monoisotopic (exact) mass is 233 g/mol. The second-order valence-corrected chi connectivity index (χ2v) is 4.22. The lowest BCUT2D eigenvalue weighted by molar-refractivity contribution is 0.0601. The minimum atomic E-state index is -0.371. The molecule has 0 spiro atoms. The van der Waals surface area contributed by atoms with Crippen molar-refractivity contribution in [3.05, 3.63) is 41.3 Å². The van der Waals surface area contributed by atoms with E-state index in [1.165, 1.54) is 7.11 Å². The number of thiophene rings is 1. The molecule has 3 nitrogen and oxygen atoms in total. The maximum absolute atomic E-state index is 11.3. The summed E-state index contributed by atoms with van der Waals surface area (Å²) in [6.45, 7) is 0. The summed E-state index contributed by atoms with van der Waals surface area (Å²) in [5, 5.41) is 1.99. The number of ether oxygens (including phenoxy) is 1. The van der Waals surface area contributed by atoms with Crippen LogP contribution in [0.1, 0.15) is 10.4 Å². The number of nitrogen functional groups attached to an aromatic ring is 1. The van der Waals surface area contributed by atoms with Gasteiger partial charge in [0.15, 0.2) is 0 Å². The van der Waals surface area contributed by atoms with Crippen molar-refractivity contribution in [2.24, 2.45) is 0 Å². The van der Waals surface area contributed by atoms with Crippen LogP contribution in [-0.4, -0.2) is 13.1 Å². The zero-order chi connectivity index (χ0) is 11.5. The van der Waals surface area contributed by atoms with Crippen LogP contribution in [0.25, 0.3) is 10.4 Å². The number of benzene rings is 1. The molecule has 0 radical (unpaired) electrons. The van der Waals surface area contributed by atoms with E-state index in [0.29, 0.717) is 11.3 Å². The van der Waals surface area contributed by atoms with E-state index < -0.39 is 0 Å². The predicted octanol–water partition coefficient (Wildman–Crippen LogP) is 2.78. The second kappa shape index (κ2) is 4.37. The smallest absolute Gasteiger partial charge is 0.337 e. The minimum absolute atomic E-state index is 0.371. The van der Waals surface area contributed by atoms with Gasteiger partial charge in [0.05, 0.1) is 12.7 Å². The fourth-order valence-corrected chi connectivity index (χ4v) is 2.24. The van der Waals surface area contributed by atoms with Gasteiger partial charge in [-0.15, -0.1) is 11.3 Å². The maximum Gasteiger partial charge on any atom is 0.337 e. The molecule has 1 heterocycles. The Morgan fingerprint density at radius 1 is 1.38 bits per heavy atom. The molecule has 0 unspecified atom stereocenters. The first-order valence-corrected chi connectivity index (χ1v) is 5.62. The highest BCUT2D eigenvalue weighted by atomic mass is 32.1. The van der Waals surface area contributed by atoms with Gasteiger partial charge in [0.2, 0.25) is 0 Å². The molecule has 0 saturated carbocycles. The van der Waals surface area contributed by atoms with E-state index in [2.05, 4.69) is 4.74 Å². The standard InChI is InChI=1S/C12H11NO2S/c1-15-12(14)8-4-5-9(10(13)7-8)11-3-2-6-16-11/h2-7H,13H2,1H3. The van der Waals surface area contributed by atoms with Gasteiger partial charge in [-0.3, -0.25) is 0 Å². The van der Waals surface area contributed by atoms with Crippen molar-refractivity contribution in [2.75, 3.05) is 12.8 Å². The zero-order valence-electron chi connectivity index (χ0n) is 8.77. The van der Waals surface area contributed by atoms with Gasteiger partial charge in [0.1, 0.15) is 0 Å². The molecule has 1 aromatic carbocycles. The third-order valence-corrected chi connectivity index (χ3v) is 3.16. The van der Waals surface area contributed by atoms with Crippen LogP contribution in [0.4, 0.5) is 5.69 Å². The number of nitrogens with two attached hydrogens (primary N) is 1. The van der Waals surface area contributed by atoms with Gasteiger partial charge in [-0.05, 0) is 23.6 Å². The van der Waals surface area contributed by atoms with Crippen molar-refractivity contribution in [3.8, 4) is 10.4 Å². The number of carbonyl (C=O) groups is 1. The van der Waals surface area contributed by atoms with Gasteiger partial charge in [0.25, 0.3) is 0 Å². The van der Waals surface area contributed by atoms with Crippen LogP contribution in [0.3, 0.4) is 0 Å². The quantitative estimate of drug-likeness (QED) is 0.641. The van der Waals surface area contributed by atoms with Crippen molar-refractivity contribution >= 4 is 23.0 Å². The number of esters is 1. The lowest BCUT2D eigenvalue weighted by Crippen LogP contribution is -2.02. The second-order valence-electron chi connectivity index (χ2n) is 3.27. The van der Waals surface area contributed by atoms with E-state index in [4.69, 9.17) is 5.73 Å². The predicted molar refractivity (Wildman–Crippen MR) is 65.5 cm³/mol. The SMILES string of the molecule is COC(=O)c1ccc(-c2cccs2)c(N)c1. The summed E-state index contributed by atoms with van der Waals surface area (Å²) >= 11 is 1.61. The first kappa shape index (κ1) is 10.7. The van der Waals surface area contributed by atoms with Crippen LogP contribution < -0.4 is 5.73 Å². The van der Waals surface area contributed by atoms with Crippen LogP contribution in [-0.2, 0) is 4.74 Å². The van der Waals surface area contributed by atoms with Gasteiger partial charge in [0, 0.05) is 16.1 Å². The van der Waals surface area contributed by atoms with E-state index in [1.54, 1.807) is 23.5 Å². The normalized spacial score (nSPS) is 10.1. The average Bonchev–Trinajstić information content (AvgIpc) is 2.81. The van der Waals surface area contributed by atoms with Gasteiger partial charge in [-0.2, -0.15) is 0 Å². The Morgan fingerprint density at radius 3 is 2.75 bits per heavy atom. The number of anilines is 1. The Hall–Kier alpha value is -1.81. The highest BCUT2D eigenvalue weighted by molar-refractivity contribution is 7.13. The Bertz CT molecular complexity index is 506. The number of carbonyl (C=O) groups excluding carboxylic acids is 1. The zero-order valence-corrected chi connectivity index (χ0v) is 9.58. The molecule has 1 aromatic heterocycles. The van der Waals surface area contributed by atoms with Crippen LogP contribution in [0, 0.1) is 0 Å². The Balaban J connectivity index is 2.41. The Morgan fingerprint density at radius 2 is 2.19 bits per heavy atom. The summed E-state index contributed by atoms with van der Waals surface area (Å²) in [5.41, 5.74) is 7.91. The molecule has 0 saturated heterocycles. The molecule has 0 bridgehead atoms. The minimum Gasteiger partial charge on any atom is -0.465 e. The van der Waals surface area contributed by atoms with E-state index in [-0.39, 0.29) is 5.97 Å². The molecule has 0 fully saturated rings. The van der Waals surface area contributed by atoms with Crippen LogP contribution in [0.15, 0.2) is 35.7 Å². The van der Waals surface area contributed by atoms with Gasteiger partial charge >= 0.3 is 5.97 Å². The van der Waals surface area contributed by atoms with Crippen molar-refractivity contribution < 1.29 is 9.53 Å². The van der Waals surface area contributed by atoms with Crippen molar-refractivity contribution in [1.82, 2.24) is 0 Å². The molecule has 0 atom stereocenters. The molecule has 0 aliphatic rings. The fourth-order valence-electron chi connectivity index (χ4n) is 1.46. The van der Waals surface area contributed by atoms with Crippen LogP contribution in [0.5, 0.6) is 0 Å². The lowest BCUT2D eigenvalue weighted by Gasteiger charge is -2.05. The number of hydrogen-bond donors (Lipinski definition) is 1.